The summed E-state index contributed by atoms with van der Waals surface area (Å²) < 4.78 is 5.54. The maximum atomic E-state index is 12.1. The van der Waals surface area contributed by atoms with E-state index in [2.05, 4.69) is 44.7 Å². The van der Waals surface area contributed by atoms with Crippen LogP contribution in [0.15, 0.2) is 66.7 Å². The van der Waals surface area contributed by atoms with Gasteiger partial charge in [0, 0.05) is 13.1 Å². The molecule has 3 aromatic rings. The fourth-order valence-electron chi connectivity index (χ4n) is 3.24. The molecule has 4 rings (SSSR count). The Balaban J connectivity index is 1.28. The zero-order valence-electron chi connectivity index (χ0n) is 15.5. The molecule has 0 saturated carbocycles. The average molecular weight is 374 g/mol. The van der Waals surface area contributed by atoms with Gasteiger partial charge in [-0.1, -0.05) is 42.5 Å². The normalized spacial score (nSPS) is 12.9. The molecular weight excluding hydrogens is 352 g/mol. The van der Waals surface area contributed by atoms with Crippen LogP contribution in [0.1, 0.15) is 17.5 Å². The van der Waals surface area contributed by atoms with Gasteiger partial charge >= 0.3 is 0 Å². The third-order valence-electron chi connectivity index (χ3n) is 4.71. The number of carbonyl (C=O) groups is 1. The Labute approximate surface area is 164 Å². The molecule has 1 aromatic heterocycles. The number of nitrogens with one attached hydrogen (secondary N) is 1. The van der Waals surface area contributed by atoms with Crippen molar-refractivity contribution >= 4 is 17.5 Å². The van der Waals surface area contributed by atoms with Crippen LogP contribution in [-0.4, -0.2) is 29.3 Å². The van der Waals surface area contributed by atoms with Crippen molar-refractivity contribution in [3.05, 3.63) is 77.9 Å². The Morgan fingerprint density at radius 2 is 1.75 bits per heavy atom. The number of ether oxygens (including phenoxy) is 1. The van der Waals surface area contributed by atoms with Gasteiger partial charge < -0.3 is 15.0 Å². The molecule has 28 heavy (non-hydrogen) atoms. The first-order valence-corrected chi connectivity index (χ1v) is 9.41. The van der Waals surface area contributed by atoms with Gasteiger partial charge in [-0.2, -0.15) is 0 Å². The molecule has 0 saturated heterocycles. The summed E-state index contributed by atoms with van der Waals surface area (Å²) in [5.74, 6) is 1.87. The lowest BCUT2D eigenvalue weighted by Crippen LogP contribution is -2.31. The van der Waals surface area contributed by atoms with E-state index in [0.29, 0.717) is 12.4 Å². The molecule has 0 atom stereocenters. The number of hydrogen-bond acceptors (Lipinski definition) is 5. The van der Waals surface area contributed by atoms with Crippen molar-refractivity contribution in [3.8, 4) is 5.75 Å². The highest BCUT2D eigenvalue weighted by Crippen LogP contribution is 2.23. The lowest BCUT2D eigenvalue weighted by atomic mass is 10.00. The van der Waals surface area contributed by atoms with Crippen molar-refractivity contribution in [1.29, 1.82) is 0 Å². The fourth-order valence-corrected chi connectivity index (χ4v) is 3.24. The summed E-state index contributed by atoms with van der Waals surface area (Å²) in [4.78, 5) is 14.3. The van der Waals surface area contributed by atoms with Crippen molar-refractivity contribution in [3.63, 3.8) is 0 Å². The second-order valence-corrected chi connectivity index (χ2v) is 6.68. The van der Waals surface area contributed by atoms with E-state index in [1.54, 1.807) is 6.07 Å². The zero-order chi connectivity index (χ0) is 19.2. The lowest BCUT2D eigenvalue weighted by molar-refractivity contribution is -0.116. The summed E-state index contributed by atoms with van der Waals surface area (Å²) in [5.41, 5.74) is 2.72. The molecule has 1 N–H and O–H groups in total. The molecule has 142 valence electrons. The highest BCUT2D eigenvalue weighted by atomic mass is 16.5. The standard InChI is InChI=1S/C22H22N4O2/c27-22(13-15-28-19-8-2-1-3-9-19)23-20-10-11-21(25-24-20)26-14-12-17-6-4-5-7-18(17)16-26/h1-11H,12-16H2,(H,23,24,27). The second kappa shape index (κ2) is 8.52. The summed E-state index contributed by atoms with van der Waals surface area (Å²) in [5, 5.41) is 11.2. The Bertz CT molecular complexity index is 929. The molecule has 0 unspecified atom stereocenters. The van der Waals surface area contributed by atoms with E-state index in [0.717, 1.165) is 31.1 Å². The van der Waals surface area contributed by atoms with Crippen LogP contribution in [0.25, 0.3) is 0 Å². The van der Waals surface area contributed by atoms with E-state index in [1.165, 1.54) is 11.1 Å². The largest absolute Gasteiger partial charge is 0.493 e. The van der Waals surface area contributed by atoms with Gasteiger partial charge in [0.1, 0.15) is 5.75 Å². The maximum Gasteiger partial charge on any atom is 0.229 e. The van der Waals surface area contributed by atoms with Crippen molar-refractivity contribution in [2.75, 3.05) is 23.4 Å². The Morgan fingerprint density at radius 1 is 0.964 bits per heavy atom. The Hall–Kier alpha value is -3.41. The van der Waals surface area contributed by atoms with Crippen molar-refractivity contribution in [1.82, 2.24) is 10.2 Å². The highest BCUT2D eigenvalue weighted by Gasteiger charge is 2.17. The van der Waals surface area contributed by atoms with E-state index in [-0.39, 0.29) is 12.3 Å². The van der Waals surface area contributed by atoms with Gasteiger partial charge in [-0.3, -0.25) is 4.79 Å². The van der Waals surface area contributed by atoms with E-state index >= 15 is 0 Å². The first-order chi connectivity index (χ1) is 13.8. The monoisotopic (exact) mass is 374 g/mol. The molecular formula is C22H22N4O2. The van der Waals surface area contributed by atoms with Crippen molar-refractivity contribution < 1.29 is 9.53 Å². The van der Waals surface area contributed by atoms with Crippen LogP contribution in [0.4, 0.5) is 11.6 Å². The van der Waals surface area contributed by atoms with Gasteiger partial charge in [-0.15, -0.1) is 10.2 Å². The number of rotatable bonds is 6. The zero-order valence-corrected chi connectivity index (χ0v) is 15.5. The molecule has 1 aliphatic rings. The van der Waals surface area contributed by atoms with Crippen molar-refractivity contribution in [2.45, 2.75) is 19.4 Å². The first-order valence-electron chi connectivity index (χ1n) is 9.41. The molecule has 0 spiro atoms. The molecule has 0 aliphatic carbocycles. The minimum absolute atomic E-state index is 0.148. The first kappa shape index (κ1) is 18.0. The number of anilines is 2. The van der Waals surface area contributed by atoms with Gasteiger partial charge in [-0.05, 0) is 41.8 Å². The third kappa shape index (κ3) is 4.46. The van der Waals surface area contributed by atoms with Crippen LogP contribution in [0.2, 0.25) is 0 Å². The topological polar surface area (TPSA) is 67.3 Å². The van der Waals surface area contributed by atoms with E-state index in [1.807, 2.05) is 36.4 Å². The second-order valence-electron chi connectivity index (χ2n) is 6.68. The number of para-hydroxylation sites is 1. The molecule has 1 aliphatic heterocycles. The van der Waals surface area contributed by atoms with Gasteiger partial charge in [-0.25, -0.2) is 0 Å². The molecule has 0 bridgehead atoms. The molecule has 1 amide bonds. The number of amides is 1. The van der Waals surface area contributed by atoms with Gasteiger partial charge in [0.2, 0.25) is 5.91 Å². The fraction of sp³-hybridized carbons (Fsp3) is 0.227. The molecule has 0 radical (unpaired) electrons. The van der Waals surface area contributed by atoms with Crippen LogP contribution < -0.4 is 15.0 Å². The molecule has 6 heteroatoms. The minimum Gasteiger partial charge on any atom is -0.493 e. The molecule has 0 fully saturated rings. The number of nitrogens with zero attached hydrogens (tertiary/aromatic N) is 3. The number of fused-ring (bicyclic) bond motifs is 1. The summed E-state index contributed by atoms with van der Waals surface area (Å²) in [7, 11) is 0. The van der Waals surface area contributed by atoms with Gasteiger partial charge in [0.15, 0.2) is 11.6 Å². The van der Waals surface area contributed by atoms with Crippen LogP contribution >= 0.6 is 0 Å². The molecule has 2 heterocycles. The maximum absolute atomic E-state index is 12.1. The van der Waals surface area contributed by atoms with E-state index < -0.39 is 0 Å². The average Bonchev–Trinajstić information content (AvgIpc) is 2.75. The molecule has 6 nitrogen and oxygen atoms in total. The predicted molar refractivity (Wildman–Crippen MR) is 108 cm³/mol. The van der Waals surface area contributed by atoms with Crippen LogP contribution in [0.3, 0.4) is 0 Å². The summed E-state index contributed by atoms with van der Waals surface area (Å²) in [6.45, 7) is 2.05. The van der Waals surface area contributed by atoms with Gasteiger partial charge in [0.05, 0.1) is 13.0 Å². The van der Waals surface area contributed by atoms with E-state index in [9.17, 15) is 4.79 Å². The third-order valence-corrected chi connectivity index (χ3v) is 4.71. The smallest absolute Gasteiger partial charge is 0.229 e. The quantitative estimate of drug-likeness (QED) is 0.716. The number of hydrogen-bond donors (Lipinski definition) is 1. The SMILES string of the molecule is O=C(CCOc1ccccc1)Nc1ccc(N2CCc3ccccc3C2)nn1. The van der Waals surface area contributed by atoms with Crippen LogP contribution in [-0.2, 0) is 17.8 Å². The number of benzene rings is 2. The number of aromatic nitrogens is 2. The van der Waals surface area contributed by atoms with Crippen LogP contribution in [0.5, 0.6) is 5.75 Å². The summed E-state index contributed by atoms with van der Waals surface area (Å²) in [6, 6.07) is 21.6. The van der Waals surface area contributed by atoms with Gasteiger partial charge in [0.25, 0.3) is 0 Å². The molecule has 2 aromatic carbocycles. The predicted octanol–water partition coefficient (Wildman–Crippen LogP) is 3.45. The van der Waals surface area contributed by atoms with Crippen molar-refractivity contribution in [2.24, 2.45) is 0 Å². The van der Waals surface area contributed by atoms with Crippen LogP contribution in [0, 0.1) is 0 Å². The Morgan fingerprint density at radius 3 is 2.54 bits per heavy atom. The summed E-state index contributed by atoms with van der Waals surface area (Å²) >= 11 is 0. The number of carbonyl (C=O) groups excluding carboxylic acids is 1. The minimum atomic E-state index is -0.148. The Kier molecular flexibility index (Phi) is 5.47. The highest BCUT2D eigenvalue weighted by molar-refractivity contribution is 5.89. The van der Waals surface area contributed by atoms with E-state index in [4.69, 9.17) is 4.74 Å². The lowest BCUT2D eigenvalue weighted by Gasteiger charge is -2.29. The summed E-state index contributed by atoms with van der Waals surface area (Å²) in [6.07, 6.45) is 1.25.